The lowest BCUT2D eigenvalue weighted by atomic mass is 9.88. The predicted molar refractivity (Wildman–Crippen MR) is 123 cm³/mol. The number of nitrogens with zero attached hydrogens (tertiary/aromatic N) is 3. The summed E-state index contributed by atoms with van der Waals surface area (Å²) >= 11 is 7.22. The van der Waals surface area contributed by atoms with Gasteiger partial charge in [0.2, 0.25) is 5.91 Å². The fraction of sp³-hybridized carbons (Fsp3) is 0.591. The number of morpholine rings is 1. The van der Waals surface area contributed by atoms with E-state index in [0.717, 1.165) is 34.4 Å². The molecule has 4 rings (SSSR count). The van der Waals surface area contributed by atoms with Crippen LogP contribution in [0.3, 0.4) is 0 Å². The molecule has 2 unspecified atom stereocenters. The summed E-state index contributed by atoms with van der Waals surface area (Å²) in [6.07, 6.45) is -2.23. The SMILES string of the molecule is Cc1c(Cl)c(C(F)(F)F)nn1C(C)C(=O)Nc1sc2c(c1C(=O)N1CCOCC1)CCC(C)C2. The lowest BCUT2D eigenvalue weighted by Crippen LogP contribution is -2.41. The summed E-state index contributed by atoms with van der Waals surface area (Å²) in [7, 11) is 0. The van der Waals surface area contributed by atoms with Gasteiger partial charge in [-0.3, -0.25) is 14.3 Å². The highest BCUT2D eigenvalue weighted by Crippen LogP contribution is 2.41. The number of hydrogen-bond acceptors (Lipinski definition) is 5. The first-order valence-electron chi connectivity index (χ1n) is 11.1. The minimum absolute atomic E-state index is 0.0422. The van der Waals surface area contributed by atoms with Crippen LogP contribution in [0.1, 0.15) is 58.5 Å². The third-order valence-electron chi connectivity index (χ3n) is 6.35. The molecule has 0 saturated carbocycles. The average molecular weight is 519 g/mol. The van der Waals surface area contributed by atoms with Gasteiger partial charge >= 0.3 is 6.18 Å². The molecule has 0 bridgehead atoms. The van der Waals surface area contributed by atoms with Crippen molar-refractivity contribution in [2.75, 3.05) is 31.6 Å². The number of thiophene rings is 1. The van der Waals surface area contributed by atoms with Gasteiger partial charge in [-0.25, -0.2) is 0 Å². The number of carbonyl (C=O) groups excluding carboxylic acids is 2. The summed E-state index contributed by atoms with van der Waals surface area (Å²) in [6.45, 7) is 6.82. The Morgan fingerprint density at radius 3 is 2.59 bits per heavy atom. The number of amides is 2. The first kappa shape index (κ1) is 25.0. The maximum atomic E-state index is 13.4. The lowest BCUT2D eigenvalue weighted by Gasteiger charge is -2.28. The Morgan fingerprint density at radius 1 is 1.29 bits per heavy atom. The summed E-state index contributed by atoms with van der Waals surface area (Å²) in [6, 6.07) is -1.07. The van der Waals surface area contributed by atoms with E-state index in [2.05, 4.69) is 17.3 Å². The van der Waals surface area contributed by atoms with Crippen molar-refractivity contribution in [3.8, 4) is 0 Å². The molecule has 1 aliphatic carbocycles. The molecular weight excluding hydrogens is 493 g/mol. The summed E-state index contributed by atoms with van der Waals surface area (Å²) in [4.78, 5) is 29.3. The number of alkyl halides is 3. The molecule has 2 aliphatic rings. The van der Waals surface area contributed by atoms with Crippen molar-refractivity contribution in [2.45, 2.75) is 52.3 Å². The Morgan fingerprint density at radius 2 is 1.97 bits per heavy atom. The van der Waals surface area contributed by atoms with Gasteiger partial charge in [0.15, 0.2) is 5.69 Å². The fourth-order valence-corrected chi connectivity index (χ4v) is 6.01. The van der Waals surface area contributed by atoms with E-state index in [9.17, 15) is 22.8 Å². The van der Waals surface area contributed by atoms with Crippen molar-refractivity contribution in [1.82, 2.24) is 14.7 Å². The molecule has 1 fully saturated rings. The number of fused-ring (bicyclic) bond motifs is 1. The zero-order valence-electron chi connectivity index (χ0n) is 19.1. The van der Waals surface area contributed by atoms with Crippen molar-refractivity contribution in [3.05, 3.63) is 32.4 Å². The van der Waals surface area contributed by atoms with E-state index < -0.39 is 28.8 Å². The van der Waals surface area contributed by atoms with E-state index in [1.54, 1.807) is 4.90 Å². The number of aromatic nitrogens is 2. The van der Waals surface area contributed by atoms with E-state index in [1.807, 2.05) is 0 Å². The highest BCUT2D eigenvalue weighted by atomic mass is 35.5. The monoisotopic (exact) mass is 518 g/mol. The summed E-state index contributed by atoms with van der Waals surface area (Å²) in [5.41, 5.74) is 0.261. The van der Waals surface area contributed by atoms with Crippen molar-refractivity contribution < 1.29 is 27.5 Å². The van der Waals surface area contributed by atoms with E-state index in [0.29, 0.717) is 42.8 Å². The van der Waals surface area contributed by atoms with Gasteiger partial charge < -0.3 is 15.0 Å². The van der Waals surface area contributed by atoms with Gasteiger partial charge in [-0.05, 0) is 44.6 Å². The second kappa shape index (κ2) is 9.50. The Balaban J connectivity index is 1.64. The first-order valence-corrected chi connectivity index (χ1v) is 12.3. The highest BCUT2D eigenvalue weighted by molar-refractivity contribution is 7.17. The maximum Gasteiger partial charge on any atom is 0.436 e. The molecule has 1 N–H and O–H groups in total. The minimum Gasteiger partial charge on any atom is -0.378 e. The molecule has 1 saturated heterocycles. The molecule has 186 valence electrons. The highest BCUT2D eigenvalue weighted by Gasteiger charge is 2.39. The van der Waals surface area contributed by atoms with Crippen LogP contribution in [0.2, 0.25) is 5.02 Å². The summed E-state index contributed by atoms with van der Waals surface area (Å²) < 4.78 is 46.0. The lowest BCUT2D eigenvalue weighted by molar-refractivity contribution is -0.141. The van der Waals surface area contributed by atoms with Gasteiger partial charge in [-0.15, -0.1) is 11.3 Å². The quantitative estimate of drug-likeness (QED) is 0.635. The van der Waals surface area contributed by atoms with Gasteiger partial charge in [-0.1, -0.05) is 18.5 Å². The standard InChI is InChI=1S/C22H26ClF3N4O3S/c1-11-4-5-14-15(10-11)34-20(16(14)21(32)29-6-8-33-9-7-29)27-19(31)13(3)30-12(2)17(23)18(28-30)22(24,25)26/h11,13H,4-10H2,1-3H3,(H,27,31). The molecule has 0 spiro atoms. The molecule has 2 aromatic rings. The Bertz CT molecular complexity index is 1110. The predicted octanol–water partition coefficient (Wildman–Crippen LogP) is 4.72. The minimum atomic E-state index is -4.73. The molecule has 1 aliphatic heterocycles. The van der Waals surface area contributed by atoms with Crippen molar-refractivity contribution in [1.29, 1.82) is 0 Å². The van der Waals surface area contributed by atoms with Crippen LogP contribution in [0.15, 0.2) is 0 Å². The topological polar surface area (TPSA) is 76.5 Å². The summed E-state index contributed by atoms with van der Waals surface area (Å²) in [5.74, 6) is -0.260. The molecular formula is C22H26ClF3N4O3S. The fourth-order valence-electron chi connectivity index (χ4n) is 4.37. The largest absolute Gasteiger partial charge is 0.436 e. The molecule has 0 radical (unpaired) electrons. The normalized spacial score (nSPS) is 19.6. The second-order valence-electron chi connectivity index (χ2n) is 8.82. The average Bonchev–Trinajstić information content (AvgIpc) is 3.29. The van der Waals surface area contributed by atoms with Crippen LogP contribution in [0.25, 0.3) is 0 Å². The van der Waals surface area contributed by atoms with Crippen LogP contribution in [-0.2, 0) is 28.5 Å². The van der Waals surface area contributed by atoms with E-state index in [1.165, 1.54) is 25.2 Å². The van der Waals surface area contributed by atoms with Crippen LogP contribution < -0.4 is 5.32 Å². The van der Waals surface area contributed by atoms with Gasteiger partial charge in [0.25, 0.3) is 5.91 Å². The molecule has 7 nitrogen and oxygen atoms in total. The zero-order chi connectivity index (χ0) is 24.8. The van der Waals surface area contributed by atoms with Crippen molar-refractivity contribution in [3.63, 3.8) is 0 Å². The number of anilines is 1. The summed E-state index contributed by atoms with van der Waals surface area (Å²) in [5, 5.41) is 6.27. The third kappa shape index (κ3) is 4.70. The molecule has 2 aromatic heterocycles. The Labute approximate surface area is 204 Å². The van der Waals surface area contributed by atoms with Crippen LogP contribution in [0.4, 0.5) is 18.2 Å². The Kier molecular flexibility index (Phi) is 6.99. The molecule has 2 atom stereocenters. The molecule has 3 heterocycles. The molecule has 0 aromatic carbocycles. The number of rotatable bonds is 4. The molecule has 2 amide bonds. The maximum absolute atomic E-state index is 13.4. The second-order valence-corrected chi connectivity index (χ2v) is 10.3. The van der Waals surface area contributed by atoms with E-state index in [-0.39, 0.29) is 11.6 Å². The number of carbonyl (C=O) groups is 2. The van der Waals surface area contributed by atoms with Gasteiger partial charge in [0.1, 0.15) is 11.0 Å². The molecule has 12 heteroatoms. The van der Waals surface area contributed by atoms with Crippen LogP contribution in [-0.4, -0.2) is 52.8 Å². The van der Waals surface area contributed by atoms with Crippen molar-refractivity contribution >= 4 is 39.8 Å². The van der Waals surface area contributed by atoms with E-state index >= 15 is 0 Å². The zero-order valence-corrected chi connectivity index (χ0v) is 20.7. The number of hydrogen-bond donors (Lipinski definition) is 1. The number of nitrogens with one attached hydrogen (secondary N) is 1. The Hall–Kier alpha value is -2.11. The third-order valence-corrected chi connectivity index (χ3v) is 7.97. The van der Waals surface area contributed by atoms with Crippen LogP contribution in [0.5, 0.6) is 0 Å². The smallest absolute Gasteiger partial charge is 0.378 e. The van der Waals surface area contributed by atoms with Crippen LogP contribution >= 0.6 is 22.9 Å². The van der Waals surface area contributed by atoms with Crippen LogP contribution in [0, 0.1) is 12.8 Å². The molecule has 34 heavy (non-hydrogen) atoms. The van der Waals surface area contributed by atoms with Gasteiger partial charge in [-0.2, -0.15) is 18.3 Å². The van der Waals surface area contributed by atoms with Gasteiger partial charge in [0, 0.05) is 18.0 Å². The van der Waals surface area contributed by atoms with E-state index in [4.69, 9.17) is 16.3 Å². The van der Waals surface area contributed by atoms with Gasteiger partial charge in [0.05, 0.1) is 29.5 Å². The first-order chi connectivity index (χ1) is 16.0. The number of ether oxygens (including phenoxy) is 1. The number of halogens is 4. The van der Waals surface area contributed by atoms with Crippen molar-refractivity contribution in [2.24, 2.45) is 5.92 Å².